The largest absolute Gasteiger partial charge is 2.00 e. The van der Waals surface area contributed by atoms with Crippen LogP contribution in [0, 0.1) is 0 Å². The number of para-hydroxylation sites is 2. The second kappa shape index (κ2) is 12.9. The van der Waals surface area contributed by atoms with Gasteiger partial charge in [0, 0.05) is 22.3 Å². The molecular formula is C24H18CaO6P2+2. The van der Waals surface area contributed by atoms with Crippen molar-refractivity contribution < 1.29 is 29.1 Å². The molecule has 0 radical (unpaired) electrons. The van der Waals surface area contributed by atoms with Crippen molar-refractivity contribution >= 4 is 64.4 Å². The summed E-state index contributed by atoms with van der Waals surface area (Å²) in [4.78, 5) is 22.1. The van der Waals surface area contributed by atoms with E-state index in [4.69, 9.17) is 0 Å². The third-order valence-electron chi connectivity index (χ3n) is 4.59. The van der Waals surface area contributed by atoms with Crippen LogP contribution in [0.15, 0.2) is 97.1 Å². The minimum Gasteiger partial charge on any atom is -0.591 e. The van der Waals surface area contributed by atoms with Crippen molar-refractivity contribution in [2.45, 2.75) is 0 Å². The van der Waals surface area contributed by atoms with Gasteiger partial charge in [-0.1, -0.05) is 69.8 Å². The number of phenolic OH excluding ortho intramolecular Hbond substituents is 2. The molecule has 0 aliphatic heterocycles. The Labute approximate surface area is 222 Å². The molecule has 2 N–H and O–H groups in total. The molecule has 0 fully saturated rings. The van der Waals surface area contributed by atoms with Crippen LogP contribution in [0.4, 0.5) is 0 Å². The molecule has 0 bridgehead atoms. The van der Waals surface area contributed by atoms with E-state index in [-0.39, 0.29) is 59.8 Å². The van der Waals surface area contributed by atoms with Crippen LogP contribution in [0.5, 0.6) is 11.5 Å². The van der Waals surface area contributed by atoms with E-state index in [1.165, 1.54) is 24.3 Å². The van der Waals surface area contributed by atoms with Crippen molar-refractivity contribution in [2.75, 3.05) is 0 Å². The SMILES string of the molecule is O=[P+]([O-])c1ccccc1-c1ccccc1O.O=[P+]([O-])c1ccccc1-c1ccccc1O.[Ca+2]. The summed E-state index contributed by atoms with van der Waals surface area (Å²) < 4.78 is 22.1. The van der Waals surface area contributed by atoms with Crippen molar-refractivity contribution in [3.05, 3.63) is 97.1 Å². The van der Waals surface area contributed by atoms with E-state index in [1.54, 1.807) is 72.8 Å². The molecule has 4 rings (SSSR count). The number of phenols is 2. The van der Waals surface area contributed by atoms with Gasteiger partial charge in [0.25, 0.3) is 0 Å². The number of benzene rings is 4. The Hall–Kier alpha value is -2.14. The third kappa shape index (κ3) is 6.92. The Kier molecular flexibility index (Phi) is 10.6. The molecule has 0 aliphatic rings. The zero-order valence-corrected chi connectivity index (χ0v) is 21.4. The molecule has 9 heteroatoms. The molecule has 4 aromatic carbocycles. The maximum atomic E-state index is 11.1. The van der Waals surface area contributed by atoms with Gasteiger partial charge < -0.3 is 20.0 Å². The zero-order valence-electron chi connectivity index (χ0n) is 17.4. The summed E-state index contributed by atoms with van der Waals surface area (Å²) in [6.45, 7) is 0. The van der Waals surface area contributed by atoms with Crippen LogP contribution in [0.3, 0.4) is 0 Å². The van der Waals surface area contributed by atoms with E-state index in [2.05, 4.69) is 0 Å². The van der Waals surface area contributed by atoms with Crippen LogP contribution in [-0.2, 0) is 9.13 Å². The summed E-state index contributed by atoms with van der Waals surface area (Å²) in [5.74, 6) is 0.151. The molecule has 33 heavy (non-hydrogen) atoms. The summed E-state index contributed by atoms with van der Waals surface area (Å²) in [5.41, 5.74) is 2.10. The smallest absolute Gasteiger partial charge is 0.591 e. The maximum Gasteiger partial charge on any atom is 2.00 e. The van der Waals surface area contributed by atoms with E-state index in [1.807, 2.05) is 0 Å². The van der Waals surface area contributed by atoms with E-state index in [0.717, 1.165) is 0 Å². The zero-order chi connectivity index (χ0) is 23.1. The van der Waals surface area contributed by atoms with Crippen molar-refractivity contribution in [3.63, 3.8) is 0 Å². The monoisotopic (exact) mass is 504 g/mol. The predicted octanol–water partition coefficient (Wildman–Crippen LogP) is 3.19. The molecular weight excluding hydrogens is 486 g/mol. The first-order valence-corrected chi connectivity index (χ1v) is 11.8. The summed E-state index contributed by atoms with van der Waals surface area (Å²) in [5, 5.41) is 19.8. The number of hydrogen-bond acceptors (Lipinski definition) is 6. The van der Waals surface area contributed by atoms with E-state index >= 15 is 0 Å². The normalized spacial score (nSPS) is 10.8. The van der Waals surface area contributed by atoms with Gasteiger partial charge in [-0.2, -0.15) is 0 Å². The average molecular weight is 504 g/mol. The van der Waals surface area contributed by atoms with Crippen molar-refractivity contribution in [1.29, 1.82) is 0 Å². The molecule has 0 aliphatic carbocycles. The van der Waals surface area contributed by atoms with Crippen molar-refractivity contribution in [2.24, 2.45) is 0 Å². The van der Waals surface area contributed by atoms with Gasteiger partial charge in [-0.05, 0) is 36.4 Å². The molecule has 160 valence electrons. The topological polar surface area (TPSA) is 121 Å². The van der Waals surface area contributed by atoms with Crippen LogP contribution in [0.1, 0.15) is 0 Å². The minimum atomic E-state index is -2.66. The fraction of sp³-hybridized carbons (Fsp3) is 0. The summed E-state index contributed by atoms with van der Waals surface area (Å²) in [6, 6.07) is 26.5. The third-order valence-corrected chi connectivity index (χ3v) is 6.16. The second-order valence-electron chi connectivity index (χ2n) is 6.58. The molecule has 2 unspecified atom stereocenters. The number of aromatic hydroxyl groups is 2. The van der Waals surface area contributed by atoms with Crippen LogP contribution >= 0.6 is 16.1 Å². The number of rotatable bonds is 4. The Morgan fingerprint density at radius 2 is 0.758 bits per heavy atom. The molecule has 0 amide bonds. The maximum absolute atomic E-state index is 11.1. The summed E-state index contributed by atoms with van der Waals surface area (Å²) in [6.07, 6.45) is 0. The van der Waals surface area contributed by atoms with Gasteiger partial charge in [-0.15, -0.1) is 0 Å². The molecule has 0 spiro atoms. The first-order chi connectivity index (χ1) is 15.4. The van der Waals surface area contributed by atoms with Gasteiger partial charge in [0.15, 0.2) is 10.6 Å². The quantitative estimate of drug-likeness (QED) is 0.325. The standard InChI is InChI=1S/2C12H9O3P.Ca/c2*13-11-7-3-1-5-9(11)10-6-2-4-8-12(10)16(14)15;/h2*1-8,13H;/q;;+2. The van der Waals surface area contributed by atoms with Crippen molar-refractivity contribution in [1.82, 2.24) is 0 Å². The first-order valence-electron chi connectivity index (χ1n) is 9.43. The van der Waals surface area contributed by atoms with Crippen LogP contribution in [0.2, 0.25) is 0 Å². The predicted molar refractivity (Wildman–Crippen MR) is 127 cm³/mol. The van der Waals surface area contributed by atoms with Crippen LogP contribution in [0.25, 0.3) is 22.3 Å². The van der Waals surface area contributed by atoms with E-state index in [0.29, 0.717) is 22.3 Å². The Balaban J connectivity index is 0.000000227. The molecule has 6 nitrogen and oxygen atoms in total. The molecule has 0 saturated carbocycles. The van der Waals surface area contributed by atoms with Crippen molar-refractivity contribution in [3.8, 4) is 33.8 Å². The molecule has 4 aromatic rings. The number of hydrogen-bond donors (Lipinski definition) is 2. The Morgan fingerprint density at radius 3 is 1.06 bits per heavy atom. The van der Waals surface area contributed by atoms with E-state index < -0.39 is 16.1 Å². The van der Waals surface area contributed by atoms with Gasteiger partial charge in [0.05, 0.1) is 0 Å². The minimum absolute atomic E-state index is 0. The summed E-state index contributed by atoms with van der Waals surface area (Å²) in [7, 11) is -5.33. The van der Waals surface area contributed by atoms with Gasteiger partial charge >= 0.3 is 53.8 Å². The fourth-order valence-electron chi connectivity index (χ4n) is 3.12. The van der Waals surface area contributed by atoms with Gasteiger partial charge in [0.1, 0.15) is 11.5 Å². The Morgan fingerprint density at radius 1 is 0.485 bits per heavy atom. The summed E-state index contributed by atoms with van der Waals surface area (Å²) >= 11 is 0. The Bertz CT molecular complexity index is 1180. The van der Waals surface area contributed by atoms with Gasteiger partial charge in [-0.3, -0.25) is 0 Å². The fourth-order valence-corrected chi connectivity index (χ4v) is 4.32. The molecule has 0 aromatic heterocycles. The second-order valence-corrected chi connectivity index (χ2v) is 8.57. The van der Waals surface area contributed by atoms with Gasteiger partial charge in [0.2, 0.25) is 0 Å². The molecule has 0 saturated heterocycles. The van der Waals surface area contributed by atoms with E-state index in [9.17, 15) is 29.1 Å². The van der Waals surface area contributed by atoms with Crippen LogP contribution in [-0.4, -0.2) is 48.0 Å². The van der Waals surface area contributed by atoms with Crippen LogP contribution < -0.4 is 20.4 Å². The molecule has 2 atom stereocenters. The average Bonchev–Trinajstić information content (AvgIpc) is 2.80. The first kappa shape index (κ1) is 27.1. The van der Waals surface area contributed by atoms with Gasteiger partial charge in [-0.25, -0.2) is 0 Å². The molecule has 0 heterocycles.